The number of hydrogen-bond acceptors (Lipinski definition) is 4. The van der Waals surface area contributed by atoms with Gasteiger partial charge in [0.2, 0.25) is 3.79 Å². The molecule has 30 heavy (non-hydrogen) atoms. The number of hydrogen-bond donors (Lipinski definition) is 2. The molecule has 0 radical (unpaired) electrons. The zero-order valence-electron chi connectivity index (χ0n) is 15.4. The summed E-state index contributed by atoms with van der Waals surface area (Å²) in [6.45, 7) is 0. The third-order valence-corrected chi connectivity index (χ3v) is 5.11. The third-order valence-electron chi connectivity index (χ3n) is 3.92. The molecular weight excluding hydrogens is 511 g/mol. The molecule has 2 N–H and O–H groups in total. The van der Waals surface area contributed by atoms with E-state index in [0.29, 0.717) is 16.9 Å². The van der Waals surface area contributed by atoms with Crippen LogP contribution in [0.3, 0.4) is 0 Å². The second-order valence-corrected chi connectivity index (χ2v) is 9.47. The van der Waals surface area contributed by atoms with E-state index in [1.165, 1.54) is 0 Å². The molecular formula is C21H16BrCl3N4O. The molecule has 0 aliphatic rings. The molecule has 0 fully saturated rings. The van der Waals surface area contributed by atoms with Crippen LogP contribution in [0.15, 0.2) is 93.6 Å². The molecule has 0 saturated heterocycles. The Balaban J connectivity index is 1.68. The Morgan fingerprint density at radius 2 is 1.40 bits per heavy atom. The average Bonchev–Trinajstić information content (AvgIpc) is 2.73. The van der Waals surface area contributed by atoms with Crippen LogP contribution in [0.25, 0.3) is 0 Å². The maximum atomic E-state index is 12.5. The molecule has 0 aromatic heterocycles. The number of amides is 1. The fourth-order valence-electron chi connectivity index (χ4n) is 2.42. The van der Waals surface area contributed by atoms with Crippen LogP contribution in [0.1, 0.15) is 10.4 Å². The van der Waals surface area contributed by atoms with Crippen molar-refractivity contribution in [3.8, 4) is 0 Å². The van der Waals surface area contributed by atoms with Gasteiger partial charge < -0.3 is 10.6 Å². The molecule has 154 valence electrons. The number of benzene rings is 3. The van der Waals surface area contributed by atoms with Gasteiger partial charge >= 0.3 is 0 Å². The highest BCUT2D eigenvalue weighted by molar-refractivity contribution is 9.10. The van der Waals surface area contributed by atoms with Gasteiger partial charge in [-0.2, -0.15) is 10.2 Å². The molecule has 0 saturated carbocycles. The highest BCUT2D eigenvalue weighted by Crippen LogP contribution is 2.32. The van der Waals surface area contributed by atoms with E-state index in [4.69, 9.17) is 34.8 Å². The normalized spacial score (nSPS) is 12.5. The first-order valence-electron chi connectivity index (χ1n) is 8.78. The molecule has 0 aliphatic carbocycles. The van der Waals surface area contributed by atoms with Crippen molar-refractivity contribution in [3.63, 3.8) is 0 Å². The van der Waals surface area contributed by atoms with E-state index in [-0.39, 0.29) is 5.91 Å². The number of anilines is 1. The Morgan fingerprint density at radius 3 is 1.97 bits per heavy atom. The zero-order chi connectivity index (χ0) is 21.6. The van der Waals surface area contributed by atoms with Crippen molar-refractivity contribution in [1.82, 2.24) is 5.32 Å². The Bertz CT molecular complexity index is 1010. The number of rotatable bonds is 6. The van der Waals surface area contributed by atoms with Crippen LogP contribution in [0, 0.1) is 0 Å². The van der Waals surface area contributed by atoms with Gasteiger partial charge in [0.25, 0.3) is 5.91 Å². The van der Waals surface area contributed by atoms with Crippen LogP contribution in [-0.2, 0) is 0 Å². The molecule has 3 rings (SSSR count). The highest BCUT2D eigenvalue weighted by atomic mass is 79.9. The van der Waals surface area contributed by atoms with E-state index in [0.717, 1.165) is 10.2 Å². The molecule has 9 heteroatoms. The lowest BCUT2D eigenvalue weighted by molar-refractivity contribution is 0.0942. The number of carbonyl (C=O) groups excluding carboxylic acids is 1. The Hall–Kier alpha value is -2.12. The summed E-state index contributed by atoms with van der Waals surface area (Å²) in [5.41, 5.74) is 2.50. The van der Waals surface area contributed by atoms with Crippen molar-refractivity contribution in [2.45, 2.75) is 9.96 Å². The smallest absolute Gasteiger partial charge is 0.252 e. The predicted molar refractivity (Wildman–Crippen MR) is 126 cm³/mol. The van der Waals surface area contributed by atoms with E-state index < -0.39 is 9.96 Å². The first kappa shape index (κ1) is 22.6. The fraction of sp³-hybridized carbons (Fsp3) is 0.0952. The Labute approximate surface area is 197 Å². The SMILES string of the molecule is O=C(NC(Nc1ccc(N=Nc2ccccc2)cc1)C(Cl)(Cl)Cl)c1ccc(Br)cc1. The van der Waals surface area contributed by atoms with Gasteiger partial charge in [0, 0.05) is 15.7 Å². The summed E-state index contributed by atoms with van der Waals surface area (Å²) in [5, 5.41) is 14.1. The maximum absolute atomic E-state index is 12.5. The minimum absolute atomic E-state index is 0.375. The summed E-state index contributed by atoms with van der Waals surface area (Å²) in [5.74, 6) is -0.375. The topological polar surface area (TPSA) is 65.8 Å². The summed E-state index contributed by atoms with van der Waals surface area (Å²) in [6, 6.07) is 23.3. The summed E-state index contributed by atoms with van der Waals surface area (Å²) < 4.78 is -0.920. The first-order chi connectivity index (χ1) is 14.3. The number of nitrogens with zero attached hydrogens (tertiary/aromatic N) is 2. The highest BCUT2D eigenvalue weighted by Gasteiger charge is 2.34. The van der Waals surface area contributed by atoms with Crippen molar-refractivity contribution < 1.29 is 4.79 Å². The van der Waals surface area contributed by atoms with Gasteiger partial charge in [0.05, 0.1) is 11.4 Å². The fourth-order valence-corrected chi connectivity index (χ4v) is 3.01. The number of halogens is 4. The number of carbonyl (C=O) groups is 1. The zero-order valence-corrected chi connectivity index (χ0v) is 19.3. The number of azo groups is 1. The monoisotopic (exact) mass is 524 g/mol. The number of nitrogens with one attached hydrogen (secondary N) is 2. The Kier molecular flexibility index (Phi) is 7.72. The average molecular weight is 527 g/mol. The summed E-state index contributed by atoms with van der Waals surface area (Å²) in [6.07, 6.45) is -0.963. The second-order valence-electron chi connectivity index (χ2n) is 6.18. The van der Waals surface area contributed by atoms with Gasteiger partial charge in [0.15, 0.2) is 0 Å². The Morgan fingerprint density at radius 1 is 0.833 bits per heavy atom. The minimum Gasteiger partial charge on any atom is -0.362 e. The van der Waals surface area contributed by atoms with Crippen molar-refractivity contribution >= 4 is 73.7 Å². The van der Waals surface area contributed by atoms with Crippen LogP contribution in [0.2, 0.25) is 0 Å². The van der Waals surface area contributed by atoms with E-state index in [1.54, 1.807) is 48.5 Å². The molecule has 0 bridgehead atoms. The summed E-state index contributed by atoms with van der Waals surface area (Å²) >= 11 is 21.5. The van der Waals surface area contributed by atoms with Crippen LogP contribution < -0.4 is 10.6 Å². The molecule has 1 unspecified atom stereocenters. The van der Waals surface area contributed by atoms with Crippen molar-refractivity contribution in [2.75, 3.05) is 5.32 Å². The largest absolute Gasteiger partial charge is 0.362 e. The number of alkyl halides is 3. The van der Waals surface area contributed by atoms with E-state index in [2.05, 4.69) is 36.8 Å². The lowest BCUT2D eigenvalue weighted by Crippen LogP contribution is -2.49. The van der Waals surface area contributed by atoms with Crippen LogP contribution in [-0.4, -0.2) is 15.9 Å². The van der Waals surface area contributed by atoms with Crippen molar-refractivity contribution in [2.24, 2.45) is 10.2 Å². The lowest BCUT2D eigenvalue weighted by Gasteiger charge is -2.27. The molecule has 0 heterocycles. The minimum atomic E-state index is -1.78. The molecule has 3 aromatic rings. The quantitative estimate of drug-likeness (QED) is 0.200. The van der Waals surface area contributed by atoms with Crippen LogP contribution in [0.4, 0.5) is 17.1 Å². The predicted octanol–water partition coefficient (Wildman–Crippen LogP) is 7.40. The van der Waals surface area contributed by atoms with E-state index in [1.807, 2.05) is 30.3 Å². The molecule has 1 atom stereocenters. The molecule has 1 amide bonds. The van der Waals surface area contributed by atoms with Gasteiger partial charge in [0.1, 0.15) is 6.17 Å². The maximum Gasteiger partial charge on any atom is 0.252 e. The molecule has 0 spiro atoms. The summed E-state index contributed by atoms with van der Waals surface area (Å²) in [4.78, 5) is 12.5. The van der Waals surface area contributed by atoms with Gasteiger partial charge in [-0.1, -0.05) is 68.9 Å². The second kappa shape index (κ2) is 10.3. The van der Waals surface area contributed by atoms with E-state index in [9.17, 15) is 4.79 Å². The van der Waals surface area contributed by atoms with Crippen molar-refractivity contribution in [1.29, 1.82) is 0 Å². The van der Waals surface area contributed by atoms with Gasteiger partial charge in [-0.15, -0.1) is 0 Å². The first-order valence-corrected chi connectivity index (χ1v) is 10.7. The van der Waals surface area contributed by atoms with Gasteiger partial charge in [-0.25, -0.2) is 0 Å². The molecule has 5 nitrogen and oxygen atoms in total. The van der Waals surface area contributed by atoms with Gasteiger partial charge in [-0.05, 0) is 60.7 Å². The van der Waals surface area contributed by atoms with E-state index >= 15 is 0 Å². The summed E-state index contributed by atoms with van der Waals surface area (Å²) in [7, 11) is 0. The van der Waals surface area contributed by atoms with Gasteiger partial charge in [-0.3, -0.25) is 4.79 Å². The standard InChI is InChI=1S/C21H16BrCl3N4O/c22-15-8-6-14(7-9-15)19(30)27-20(21(23,24)25)26-16-10-12-18(13-11-16)29-28-17-4-2-1-3-5-17/h1-13,20,26H,(H,27,30). The van der Waals surface area contributed by atoms with Crippen LogP contribution in [0.5, 0.6) is 0 Å². The third kappa shape index (κ3) is 6.71. The lowest BCUT2D eigenvalue weighted by atomic mass is 10.2. The molecule has 3 aromatic carbocycles. The molecule has 0 aliphatic heterocycles. The van der Waals surface area contributed by atoms with Crippen LogP contribution >= 0.6 is 50.7 Å². The van der Waals surface area contributed by atoms with Crippen molar-refractivity contribution in [3.05, 3.63) is 88.9 Å².